The molecule has 0 spiro atoms. The predicted octanol–water partition coefficient (Wildman–Crippen LogP) is 4.75. The van der Waals surface area contributed by atoms with Crippen LogP contribution >= 0.6 is 0 Å². The summed E-state index contributed by atoms with van der Waals surface area (Å²) in [5.74, 6) is -2.51. The number of anilines is 3. The molecule has 4 amide bonds. The number of halogens is 2. The van der Waals surface area contributed by atoms with Crippen LogP contribution in [0.4, 0.5) is 30.6 Å². The van der Waals surface area contributed by atoms with Crippen molar-refractivity contribution in [2.75, 3.05) is 60.9 Å². The normalized spacial score (nSPS) is 21.2. The average molecular weight is 806 g/mol. The lowest BCUT2D eigenvalue weighted by molar-refractivity contribution is -0.120. The molecule has 9 rings (SSSR count). The van der Waals surface area contributed by atoms with Crippen molar-refractivity contribution in [2.45, 2.75) is 69.7 Å². The number of nitrogens with zero attached hydrogens (tertiary/aromatic N) is 9. The molecule has 0 unspecified atom stereocenters. The predicted molar refractivity (Wildman–Crippen MR) is 215 cm³/mol. The number of imide groups is 1. The molecule has 2 aromatic carbocycles. The maximum absolute atomic E-state index is 15.1. The first kappa shape index (κ1) is 38.6. The molecular weight excluding hydrogens is 761 g/mol. The summed E-state index contributed by atoms with van der Waals surface area (Å²) in [6, 6.07) is 13.5. The summed E-state index contributed by atoms with van der Waals surface area (Å²) in [5.41, 5.74) is 1.84. The van der Waals surface area contributed by atoms with Crippen LogP contribution in [-0.4, -0.2) is 110 Å². The number of rotatable bonds is 8. The van der Waals surface area contributed by atoms with Crippen LogP contribution in [0.15, 0.2) is 54.9 Å². The number of piperazine rings is 1. The first-order chi connectivity index (χ1) is 28.3. The molecule has 4 fully saturated rings. The molecule has 3 N–H and O–H groups in total. The van der Waals surface area contributed by atoms with Crippen LogP contribution in [0.1, 0.15) is 73.6 Å². The van der Waals surface area contributed by atoms with Gasteiger partial charge in [-0.05, 0) is 82.0 Å². The zero-order valence-corrected chi connectivity index (χ0v) is 32.9. The van der Waals surface area contributed by atoms with Gasteiger partial charge >= 0.3 is 6.03 Å². The molecule has 1 aliphatic carbocycles. The van der Waals surface area contributed by atoms with Crippen molar-refractivity contribution in [3.8, 4) is 6.07 Å². The van der Waals surface area contributed by atoms with E-state index < -0.39 is 40.8 Å². The van der Waals surface area contributed by atoms with E-state index >= 15 is 8.78 Å². The number of amides is 4. The van der Waals surface area contributed by atoms with E-state index in [-0.39, 0.29) is 19.0 Å². The van der Waals surface area contributed by atoms with Gasteiger partial charge in [-0.25, -0.2) is 18.1 Å². The summed E-state index contributed by atoms with van der Waals surface area (Å²) >= 11 is 0. The second kappa shape index (κ2) is 15.0. The lowest BCUT2D eigenvalue weighted by Gasteiger charge is -2.50. The smallest absolute Gasteiger partial charge is 0.328 e. The third-order valence-corrected chi connectivity index (χ3v) is 12.4. The molecule has 4 aliphatic rings. The van der Waals surface area contributed by atoms with Crippen LogP contribution in [0.5, 0.6) is 0 Å². The third-order valence-electron chi connectivity index (χ3n) is 12.4. The van der Waals surface area contributed by atoms with Gasteiger partial charge in [0, 0.05) is 92.8 Å². The molecule has 0 atom stereocenters. The Morgan fingerprint density at radius 1 is 0.932 bits per heavy atom. The number of nitrogens with one attached hydrogen (secondary N) is 2. The van der Waals surface area contributed by atoms with E-state index in [0.717, 1.165) is 67.7 Å². The first-order valence-electron chi connectivity index (χ1n) is 20.1. The molecule has 3 saturated heterocycles. The van der Waals surface area contributed by atoms with E-state index in [0.29, 0.717) is 58.9 Å². The number of carbonyl (C=O) groups excluding carboxylic acids is 3. The molecule has 3 aromatic heterocycles. The zero-order valence-electron chi connectivity index (χ0n) is 32.9. The van der Waals surface area contributed by atoms with E-state index in [2.05, 4.69) is 31.6 Å². The summed E-state index contributed by atoms with van der Waals surface area (Å²) in [6.45, 7) is 8.38. The highest BCUT2D eigenvalue weighted by molar-refractivity contribution is 6.06. The molecule has 0 bridgehead atoms. The Kier molecular flexibility index (Phi) is 9.81. The molecule has 17 heteroatoms. The van der Waals surface area contributed by atoms with Gasteiger partial charge in [0.15, 0.2) is 11.6 Å². The Balaban J connectivity index is 0.787. The SMILES string of the molecule is CC(C)(O)c1cc2nn(C3CCC(N4CCN(C5CN(c6cc(F)c(N7CCC(=O)NC7=O)c(F)c6)C5)CC4)CC3)cc2cc1NC(=O)c1ccc2cc(C#N)cnn12. The minimum Gasteiger partial charge on any atom is -0.386 e. The summed E-state index contributed by atoms with van der Waals surface area (Å²) in [4.78, 5) is 45.1. The molecular formula is C42H45F2N11O4. The lowest BCUT2D eigenvalue weighted by Crippen LogP contribution is -2.64. The maximum Gasteiger partial charge on any atom is 0.328 e. The third kappa shape index (κ3) is 7.36. The number of nitriles is 1. The van der Waals surface area contributed by atoms with E-state index in [1.165, 1.54) is 22.8 Å². The van der Waals surface area contributed by atoms with E-state index in [4.69, 9.17) is 5.10 Å². The zero-order chi connectivity index (χ0) is 41.2. The Bertz CT molecular complexity index is 2500. The number of carbonyl (C=O) groups is 3. The van der Waals surface area contributed by atoms with Gasteiger partial charge in [0.05, 0.1) is 34.4 Å². The van der Waals surface area contributed by atoms with Crippen LogP contribution in [-0.2, 0) is 10.4 Å². The second-order valence-electron chi connectivity index (χ2n) is 16.6. The molecule has 6 heterocycles. The number of aromatic nitrogens is 4. The van der Waals surface area contributed by atoms with Crippen molar-refractivity contribution in [1.82, 2.24) is 34.5 Å². The Hall–Kier alpha value is -5.96. The number of hydrogen-bond acceptors (Lipinski definition) is 10. The second-order valence-corrected chi connectivity index (χ2v) is 16.6. The highest BCUT2D eigenvalue weighted by atomic mass is 19.1. The molecule has 306 valence electrons. The monoisotopic (exact) mass is 805 g/mol. The molecule has 5 aromatic rings. The standard InChI is InChI=1S/C42H45F2N11O4/c1-42(2,59)32-19-35-26(16-36(32)47-40(57)37-8-7-29-15-25(20-45)21-46-55(29)37)22-54(49-35)28-5-3-27(4-6-28)50-11-13-51(14-12-50)31-23-52(24-31)30-17-33(43)39(34(44)18-30)53-10-9-38(56)48-41(53)58/h7-8,15-19,21-22,27-28,31,59H,3-6,9-14,23-24H2,1-2H3,(H,47,57)(H,48,56,58). The quantitative estimate of drug-likeness (QED) is 0.199. The number of benzene rings is 2. The van der Waals surface area contributed by atoms with Gasteiger partial charge in [-0.15, -0.1) is 0 Å². The maximum atomic E-state index is 15.1. The van der Waals surface area contributed by atoms with Crippen LogP contribution in [0, 0.1) is 23.0 Å². The van der Waals surface area contributed by atoms with Gasteiger partial charge in [0.25, 0.3) is 5.91 Å². The van der Waals surface area contributed by atoms with Crippen LogP contribution in [0.3, 0.4) is 0 Å². The Morgan fingerprint density at radius 3 is 2.27 bits per heavy atom. The van der Waals surface area contributed by atoms with Gasteiger partial charge in [-0.3, -0.25) is 34.3 Å². The van der Waals surface area contributed by atoms with E-state index in [9.17, 15) is 24.8 Å². The molecule has 1 saturated carbocycles. The summed E-state index contributed by atoms with van der Waals surface area (Å²) in [6.07, 6.45) is 7.47. The van der Waals surface area contributed by atoms with Crippen molar-refractivity contribution < 1.29 is 28.3 Å². The lowest BCUT2D eigenvalue weighted by atomic mass is 9.89. The molecule has 0 radical (unpaired) electrons. The topological polar surface area (TPSA) is 167 Å². The fourth-order valence-corrected chi connectivity index (χ4v) is 9.13. The number of fused-ring (bicyclic) bond motifs is 2. The first-order valence-corrected chi connectivity index (χ1v) is 20.1. The van der Waals surface area contributed by atoms with Crippen LogP contribution in [0.25, 0.3) is 16.4 Å². The van der Waals surface area contributed by atoms with Crippen molar-refractivity contribution in [1.29, 1.82) is 5.26 Å². The van der Waals surface area contributed by atoms with Crippen molar-refractivity contribution in [3.05, 3.63) is 83.3 Å². The van der Waals surface area contributed by atoms with Crippen molar-refractivity contribution >= 4 is 51.3 Å². The van der Waals surface area contributed by atoms with Gasteiger partial charge < -0.3 is 15.3 Å². The van der Waals surface area contributed by atoms with Gasteiger partial charge in [-0.2, -0.15) is 15.5 Å². The van der Waals surface area contributed by atoms with Gasteiger partial charge in [0.2, 0.25) is 5.91 Å². The molecule has 15 nitrogen and oxygen atoms in total. The van der Waals surface area contributed by atoms with Crippen molar-refractivity contribution in [3.63, 3.8) is 0 Å². The highest BCUT2D eigenvalue weighted by Gasteiger charge is 2.37. The van der Waals surface area contributed by atoms with E-state index in [1.807, 2.05) is 27.9 Å². The van der Waals surface area contributed by atoms with Gasteiger partial charge in [0.1, 0.15) is 17.5 Å². The Morgan fingerprint density at radius 2 is 1.61 bits per heavy atom. The molecule has 59 heavy (non-hydrogen) atoms. The number of urea groups is 1. The largest absolute Gasteiger partial charge is 0.386 e. The van der Waals surface area contributed by atoms with Crippen LogP contribution < -0.4 is 20.4 Å². The molecule has 3 aliphatic heterocycles. The Labute approximate surface area is 338 Å². The highest BCUT2D eigenvalue weighted by Crippen LogP contribution is 2.37. The average Bonchev–Trinajstić information content (AvgIpc) is 3.81. The van der Waals surface area contributed by atoms with Crippen molar-refractivity contribution in [2.24, 2.45) is 0 Å². The minimum atomic E-state index is -1.26. The van der Waals surface area contributed by atoms with Gasteiger partial charge in [-0.1, -0.05) is 0 Å². The fourth-order valence-electron chi connectivity index (χ4n) is 9.13. The fraction of sp³-hybridized carbons (Fsp3) is 0.429. The number of aliphatic hydroxyl groups is 1. The van der Waals surface area contributed by atoms with Crippen LogP contribution in [0.2, 0.25) is 0 Å². The minimum absolute atomic E-state index is 0.0170. The van der Waals surface area contributed by atoms with E-state index in [1.54, 1.807) is 32.0 Å². The summed E-state index contributed by atoms with van der Waals surface area (Å²) < 4.78 is 33.7. The number of hydrogen-bond donors (Lipinski definition) is 3. The summed E-state index contributed by atoms with van der Waals surface area (Å²) in [7, 11) is 0. The summed E-state index contributed by atoms with van der Waals surface area (Å²) in [5, 5.41) is 35.5.